The number of nitrogens with zero attached hydrogens (tertiary/aromatic N) is 3. The van der Waals surface area contributed by atoms with Crippen molar-refractivity contribution in [3.8, 4) is 11.4 Å². The van der Waals surface area contributed by atoms with E-state index in [1.165, 1.54) is 11.8 Å². The lowest BCUT2D eigenvalue weighted by Crippen LogP contribution is -2.39. The van der Waals surface area contributed by atoms with E-state index in [0.717, 1.165) is 12.0 Å². The van der Waals surface area contributed by atoms with Crippen LogP contribution in [0.25, 0.3) is 11.4 Å². The van der Waals surface area contributed by atoms with Gasteiger partial charge in [0, 0.05) is 25.8 Å². The zero-order valence-electron chi connectivity index (χ0n) is 14.4. The molecule has 140 valence electrons. The minimum Gasteiger partial charge on any atom is -0.385 e. The minimum absolute atomic E-state index is 0.492. The van der Waals surface area contributed by atoms with Crippen LogP contribution in [-0.2, 0) is 16.1 Å². The monoisotopic (exact) mass is 397 g/mol. The molecule has 1 aromatic carbocycles. The predicted octanol–water partition coefficient (Wildman–Crippen LogP) is 2.31. The highest BCUT2D eigenvalue weighted by atomic mass is 35.5. The second kappa shape index (κ2) is 9.56. The van der Waals surface area contributed by atoms with Crippen molar-refractivity contribution in [1.82, 2.24) is 20.1 Å². The summed E-state index contributed by atoms with van der Waals surface area (Å²) in [6, 6.07) is 6.45. The SMILES string of the molecule is COCCCn1c(SC(C)C(=O)NC(N)=O)nnc1-c1ccccc1Cl. The minimum atomic E-state index is -0.888. The first-order valence-corrected chi connectivity index (χ1v) is 9.13. The molecule has 0 aliphatic heterocycles. The molecule has 2 aromatic rings. The number of hydrogen-bond acceptors (Lipinski definition) is 6. The Balaban J connectivity index is 2.29. The molecule has 3 N–H and O–H groups in total. The Morgan fingerprint density at radius 2 is 2.12 bits per heavy atom. The van der Waals surface area contributed by atoms with E-state index < -0.39 is 17.2 Å². The van der Waals surface area contributed by atoms with Crippen molar-refractivity contribution < 1.29 is 14.3 Å². The van der Waals surface area contributed by atoms with Gasteiger partial charge in [0.2, 0.25) is 5.91 Å². The van der Waals surface area contributed by atoms with Gasteiger partial charge in [0.25, 0.3) is 0 Å². The van der Waals surface area contributed by atoms with Crippen molar-refractivity contribution in [2.45, 2.75) is 30.3 Å². The summed E-state index contributed by atoms with van der Waals surface area (Å²) < 4.78 is 7.00. The van der Waals surface area contributed by atoms with E-state index in [9.17, 15) is 9.59 Å². The van der Waals surface area contributed by atoms with Crippen LogP contribution in [0.3, 0.4) is 0 Å². The maximum Gasteiger partial charge on any atom is 0.318 e. The Hall–Kier alpha value is -2.10. The van der Waals surface area contributed by atoms with E-state index >= 15 is 0 Å². The van der Waals surface area contributed by atoms with Crippen molar-refractivity contribution in [3.63, 3.8) is 0 Å². The molecule has 26 heavy (non-hydrogen) atoms. The number of ether oxygens (including phenoxy) is 1. The summed E-state index contributed by atoms with van der Waals surface area (Å²) >= 11 is 7.47. The molecule has 0 saturated heterocycles. The van der Waals surface area contributed by atoms with E-state index in [1.807, 2.05) is 22.8 Å². The van der Waals surface area contributed by atoms with Crippen LogP contribution in [0, 0.1) is 0 Å². The lowest BCUT2D eigenvalue weighted by atomic mass is 10.2. The number of thioether (sulfide) groups is 1. The first kappa shape index (κ1) is 20.2. The van der Waals surface area contributed by atoms with Gasteiger partial charge in [-0.1, -0.05) is 35.5 Å². The molecule has 1 unspecified atom stereocenters. The molecule has 1 aromatic heterocycles. The highest BCUT2D eigenvalue weighted by molar-refractivity contribution is 8.00. The summed E-state index contributed by atoms with van der Waals surface area (Å²) in [6.07, 6.45) is 0.738. The van der Waals surface area contributed by atoms with E-state index in [2.05, 4.69) is 15.5 Å². The van der Waals surface area contributed by atoms with Gasteiger partial charge >= 0.3 is 6.03 Å². The number of benzene rings is 1. The third-order valence-electron chi connectivity index (χ3n) is 3.46. The maximum absolute atomic E-state index is 11.9. The van der Waals surface area contributed by atoms with Gasteiger partial charge in [0.05, 0.1) is 10.3 Å². The molecule has 0 fully saturated rings. The Morgan fingerprint density at radius 3 is 2.77 bits per heavy atom. The summed E-state index contributed by atoms with van der Waals surface area (Å²) in [4.78, 5) is 22.8. The average Bonchev–Trinajstić information content (AvgIpc) is 2.97. The third kappa shape index (κ3) is 5.20. The van der Waals surface area contributed by atoms with Crippen molar-refractivity contribution in [3.05, 3.63) is 29.3 Å². The number of rotatable bonds is 8. The van der Waals surface area contributed by atoms with Crippen molar-refractivity contribution in [1.29, 1.82) is 0 Å². The predicted molar refractivity (Wildman–Crippen MR) is 100 cm³/mol. The zero-order chi connectivity index (χ0) is 19.1. The number of nitrogens with one attached hydrogen (secondary N) is 1. The number of nitrogens with two attached hydrogens (primary N) is 1. The van der Waals surface area contributed by atoms with Gasteiger partial charge < -0.3 is 15.0 Å². The van der Waals surface area contributed by atoms with Crippen molar-refractivity contribution >= 4 is 35.3 Å². The first-order valence-electron chi connectivity index (χ1n) is 7.88. The van der Waals surface area contributed by atoms with Gasteiger partial charge in [0.1, 0.15) is 0 Å². The Bertz CT molecular complexity index is 783. The van der Waals surface area contributed by atoms with Crippen LogP contribution in [0.1, 0.15) is 13.3 Å². The van der Waals surface area contributed by atoms with Crippen LogP contribution in [0.2, 0.25) is 5.02 Å². The Labute approximate surface area is 160 Å². The Morgan fingerprint density at radius 1 is 1.38 bits per heavy atom. The number of carbonyl (C=O) groups is 2. The fourth-order valence-electron chi connectivity index (χ4n) is 2.22. The lowest BCUT2D eigenvalue weighted by Gasteiger charge is -2.13. The molecule has 8 nitrogen and oxygen atoms in total. The molecule has 0 spiro atoms. The summed E-state index contributed by atoms with van der Waals surface area (Å²) in [6.45, 7) is 2.82. The van der Waals surface area contributed by atoms with Crippen LogP contribution < -0.4 is 11.1 Å². The number of primary amides is 1. The highest BCUT2D eigenvalue weighted by Gasteiger charge is 2.22. The third-order valence-corrected chi connectivity index (χ3v) is 4.87. The number of aromatic nitrogens is 3. The van der Waals surface area contributed by atoms with Crippen LogP contribution in [-0.4, -0.2) is 45.7 Å². The fourth-order valence-corrected chi connectivity index (χ4v) is 3.32. The molecule has 1 atom stereocenters. The summed E-state index contributed by atoms with van der Waals surface area (Å²) in [5.74, 6) is 0.116. The molecule has 10 heteroatoms. The number of imide groups is 1. The molecule has 2 rings (SSSR count). The van der Waals surface area contributed by atoms with Crippen LogP contribution in [0.15, 0.2) is 29.4 Å². The number of hydrogen-bond donors (Lipinski definition) is 2. The van der Waals surface area contributed by atoms with Crippen LogP contribution in [0.5, 0.6) is 0 Å². The van der Waals surface area contributed by atoms with Crippen LogP contribution in [0.4, 0.5) is 4.79 Å². The van der Waals surface area contributed by atoms with Crippen LogP contribution >= 0.6 is 23.4 Å². The summed E-state index contributed by atoms with van der Waals surface area (Å²) in [7, 11) is 1.63. The second-order valence-electron chi connectivity index (χ2n) is 5.40. The fraction of sp³-hybridized carbons (Fsp3) is 0.375. The van der Waals surface area contributed by atoms with Gasteiger partial charge in [-0.05, 0) is 25.5 Å². The van der Waals surface area contributed by atoms with Crippen molar-refractivity contribution in [2.24, 2.45) is 5.73 Å². The largest absolute Gasteiger partial charge is 0.385 e. The molecule has 3 amide bonds. The topological polar surface area (TPSA) is 112 Å². The van der Waals surface area contributed by atoms with E-state index in [-0.39, 0.29) is 0 Å². The van der Waals surface area contributed by atoms with Gasteiger partial charge in [-0.25, -0.2) is 4.79 Å². The highest BCUT2D eigenvalue weighted by Crippen LogP contribution is 2.30. The van der Waals surface area contributed by atoms with E-state index in [4.69, 9.17) is 22.1 Å². The average molecular weight is 398 g/mol. The number of carbonyl (C=O) groups excluding carboxylic acids is 2. The number of methoxy groups -OCH3 is 1. The molecule has 0 aliphatic carbocycles. The molecule has 0 aliphatic rings. The van der Waals surface area contributed by atoms with Gasteiger partial charge in [-0.15, -0.1) is 10.2 Å². The second-order valence-corrected chi connectivity index (χ2v) is 7.11. The normalized spacial score (nSPS) is 12.0. The molecule has 1 heterocycles. The maximum atomic E-state index is 11.9. The summed E-state index contributed by atoms with van der Waals surface area (Å²) in [5, 5.41) is 11.0. The van der Waals surface area contributed by atoms with E-state index in [0.29, 0.717) is 29.2 Å². The molecular formula is C16H20ClN5O3S. The lowest BCUT2D eigenvalue weighted by molar-refractivity contribution is -0.119. The summed E-state index contributed by atoms with van der Waals surface area (Å²) in [5.41, 5.74) is 5.74. The molecule has 0 saturated carbocycles. The zero-order valence-corrected chi connectivity index (χ0v) is 16.0. The van der Waals surface area contributed by atoms with E-state index in [1.54, 1.807) is 20.1 Å². The molecular weight excluding hydrogens is 378 g/mol. The number of amides is 3. The quantitative estimate of drug-likeness (QED) is 0.522. The standard InChI is InChI=1S/C16H20ClN5O3S/c1-10(14(23)19-15(18)24)26-16-21-20-13(22(16)8-5-9-25-2)11-6-3-4-7-12(11)17/h3-4,6-7,10H,5,8-9H2,1-2H3,(H3,18,19,23,24). The number of urea groups is 1. The molecule has 0 radical (unpaired) electrons. The molecule has 0 bridgehead atoms. The van der Waals surface area contributed by atoms with Gasteiger partial charge in [-0.3, -0.25) is 10.1 Å². The number of halogens is 1. The first-order chi connectivity index (χ1) is 12.4. The van der Waals surface area contributed by atoms with Crippen molar-refractivity contribution in [2.75, 3.05) is 13.7 Å². The van der Waals surface area contributed by atoms with Gasteiger partial charge in [0.15, 0.2) is 11.0 Å². The Kier molecular flexibility index (Phi) is 7.43. The smallest absolute Gasteiger partial charge is 0.318 e. The van der Waals surface area contributed by atoms with Gasteiger partial charge in [-0.2, -0.15) is 0 Å².